The number of alkyl carbamates (subject to hydrolysis) is 1. The summed E-state index contributed by atoms with van der Waals surface area (Å²) in [5, 5.41) is 11.8. The number of carboxylic acids is 1. The fourth-order valence-electron chi connectivity index (χ4n) is 4.64. The molecule has 0 saturated carbocycles. The van der Waals surface area contributed by atoms with Crippen molar-refractivity contribution >= 4 is 18.0 Å². The van der Waals surface area contributed by atoms with Crippen LogP contribution in [0.25, 0.3) is 11.1 Å². The number of nitrogens with zero attached hydrogens (tertiary/aromatic N) is 1. The number of amides is 2. The Morgan fingerprint density at radius 3 is 2.11 bits per heavy atom. The van der Waals surface area contributed by atoms with Crippen LogP contribution in [0.2, 0.25) is 0 Å². The van der Waals surface area contributed by atoms with Crippen molar-refractivity contribution in [3.63, 3.8) is 0 Å². The van der Waals surface area contributed by atoms with Gasteiger partial charge in [-0.05, 0) is 48.9 Å². The van der Waals surface area contributed by atoms with Gasteiger partial charge in [-0.15, -0.1) is 0 Å². The molecule has 7 heteroatoms. The predicted octanol–water partition coefficient (Wildman–Crippen LogP) is 5.04. The van der Waals surface area contributed by atoms with Gasteiger partial charge in [0.1, 0.15) is 6.61 Å². The molecule has 0 fully saturated rings. The van der Waals surface area contributed by atoms with E-state index in [0.29, 0.717) is 13.0 Å². The summed E-state index contributed by atoms with van der Waals surface area (Å²) < 4.78 is 5.60. The van der Waals surface area contributed by atoms with Crippen molar-refractivity contribution < 1.29 is 24.2 Å². The van der Waals surface area contributed by atoms with E-state index in [1.54, 1.807) is 4.90 Å². The van der Waals surface area contributed by atoms with Gasteiger partial charge in [0.2, 0.25) is 5.91 Å². The van der Waals surface area contributed by atoms with Gasteiger partial charge in [0.25, 0.3) is 0 Å². The second-order valence-electron chi connectivity index (χ2n) is 10.0. The topological polar surface area (TPSA) is 95.9 Å². The number of rotatable bonds is 10. The standard InChI is InChI=1S/C28H36N2O5/c1-5-19(16-25(31)30(28(2,3)4)15-14-26(32)33)17-29-27(34)35-18-24-22-12-8-6-10-20(22)21-11-7-9-13-23(21)24/h6-13,19,24H,5,14-18H2,1-4H3,(H,29,34)(H,32,33). The summed E-state index contributed by atoms with van der Waals surface area (Å²) in [5.74, 6) is -1.13. The van der Waals surface area contributed by atoms with Crippen LogP contribution in [0.15, 0.2) is 48.5 Å². The Labute approximate surface area is 207 Å². The normalized spacial score (nSPS) is 13.5. The molecule has 0 spiro atoms. The van der Waals surface area contributed by atoms with E-state index < -0.39 is 17.6 Å². The Morgan fingerprint density at radius 2 is 1.60 bits per heavy atom. The lowest BCUT2D eigenvalue weighted by Gasteiger charge is -2.36. The molecule has 0 aromatic heterocycles. The third kappa shape index (κ3) is 6.62. The average Bonchev–Trinajstić information content (AvgIpc) is 3.13. The maximum Gasteiger partial charge on any atom is 0.407 e. The molecule has 35 heavy (non-hydrogen) atoms. The van der Waals surface area contributed by atoms with E-state index in [0.717, 1.165) is 11.1 Å². The first kappa shape index (κ1) is 26.3. The maximum absolute atomic E-state index is 12.9. The number of ether oxygens (including phenoxy) is 1. The highest BCUT2D eigenvalue weighted by molar-refractivity contribution is 5.79. The molecule has 1 unspecified atom stereocenters. The summed E-state index contributed by atoms with van der Waals surface area (Å²) in [4.78, 5) is 38.1. The van der Waals surface area contributed by atoms with Crippen molar-refractivity contribution in [2.45, 2.75) is 58.4 Å². The number of carbonyl (C=O) groups is 3. The van der Waals surface area contributed by atoms with Gasteiger partial charge in [-0.1, -0.05) is 61.9 Å². The third-order valence-electron chi connectivity index (χ3n) is 6.58. The molecule has 3 rings (SSSR count). The van der Waals surface area contributed by atoms with Gasteiger partial charge < -0.3 is 20.1 Å². The molecule has 188 valence electrons. The SMILES string of the molecule is CCC(CNC(=O)OCC1c2ccccc2-c2ccccc21)CC(=O)N(CCC(=O)O)C(C)(C)C. The predicted molar refractivity (Wildman–Crippen MR) is 135 cm³/mol. The van der Waals surface area contributed by atoms with Crippen molar-refractivity contribution in [1.82, 2.24) is 10.2 Å². The zero-order valence-electron chi connectivity index (χ0n) is 21.0. The van der Waals surface area contributed by atoms with Gasteiger partial charge in [0.15, 0.2) is 0 Å². The Kier molecular flexibility index (Phi) is 8.54. The van der Waals surface area contributed by atoms with Gasteiger partial charge >= 0.3 is 12.1 Å². The van der Waals surface area contributed by atoms with Crippen molar-refractivity contribution in [3.05, 3.63) is 59.7 Å². The van der Waals surface area contributed by atoms with Gasteiger partial charge in [-0.3, -0.25) is 9.59 Å². The van der Waals surface area contributed by atoms with Crippen LogP contribution in [0.1, 0.15) is 64.0 Å². The van der Waals surface area contributed by atoms with Crippen LogP contribution >= 0.6 is 0 Å². The van der Waals surface area contributed by atoms with Crippen LogP contribution in [0.4, 0.5) is 4.79 Å². The summed E-state index contributed by atoms with van der Waals surface area (Å²) in [6.07, 6.45) is 0.331. The molecule has 0 aliphatic heterocycles. The molecular formula is C28H36N2O5. The number of carbonyl (C=O) groups excluding carboxylic acids is 2. The lowest BCUT2D eigenvalue weighted by molar-refractivity contribution is -0.141. The second kappa shape index (κ2) is 11.4. The van der Waals surface area contributed by atoms with Gasteiger partial charge in [0.05, 0.1) is 6.42 Å². The lowest BCUT2D eigenvalue weighted by Crippen LogP contribution is -2.47. The minimum Gasteiger partial charge on any atom is -0.481 e. The molecule has 1 aliphatic carbocycles. The van der Waals surface area contributed by atoms with E-state index >= 15 is 0 Å². The molecule has 2 amide bonds. The molecule has 1 atom stereocenters. The molecule has 2 aromatic rings. The first-order valence-electron chi connectivity index (χ1n) is 12.2. The largest absolute Gasteiger partial charge is 0.481 e. The molecule has 0 heterocycles. The zero-order valence-corrected chi connectivity index (χ0v) is 21.0. The van der Waals surface area contributed by atoms with E-state index in [-0.39, 0.29) is 43.7 Å². The van der Waals surface area contributed by atoms with Crippen LogP contribution in [0.3, 0.4) is 0 Å². The van der Waals surface area contributed by atoms with Crippen molar-refractivity contribution in [1.29, 1.82) is 0 Å². The van der Waals surface area contributed by atoms with Crippen LogP contribution < -0.4 is 5.32 Å². The van der Waals surface area contributed by atoms with Crippen molar-refractivity contribution in [2.24, 2.45) is 5.92 Å². The molecular weight excluding hydrogens is 444 g/mol. The Balaban J connectivity index is 1.54. The summed E-state index contributed by atoms with van der Waals surface area (Å²) in [5.41, 5.74) is 4.18. The summed E-state index contributed by atoms with van der Waals surface area (Å²) >= 11 is 0. The maximum atomic E-state index is 12.9. The highest BCUT2D eigenvalue weighted by Crippen LogP contribution is 2.44. The van der Waals surface area contributed by atoms with E-state index in [1.165, 1.54) is 11.1 Å². The van der Waals surface area contributed by atoms with E-state index in [9.17, 15) is 14.4 Å². The summed E-state index contributed by atoms with van der Waals surface area (Å²) in [6.45, 7) is 8.36. The number of fused-ring (bicyclic) bond motifs is 3. The van der Waals surface area contributed by atoms with Gasteiger partial charge in [-0.25, -0.2) is 4.79 Å². The number of nitrogens with one attached hydrogen (secondary N) is 1. The quantitative estimate of drug-likeness (QED) is 0.496. The lowest BCUT2D eigenvalue weighted by atomic mass is 9.98. The highest BCUT2D eigenvalue weighted by atomic mass is 16.5. The number of hydrogen-bond acceptors (Lipinski definition) is 4. The summed E-state index contributed by atoms with van der Waals surface area (Å²) in [6, 6.07) is 16.4. The number of hydrogen-bond donors (Lipinski definition) is 2. The van der Waals surface area contributed by atoms with Crippen molar-refractivity contribution in [3.8, 4) is 11.1 Å². The molecule has 1 aliphatic rings. The minimum atomic E-state index is -0.934. The van der Waals surface area contributed by atoms with Crippen LogP contribution in [-0.2, 0) is 14.3 Å². The molecule has 0 bridgehead atoms. The number of benzene rings is 2. The van der Waals surface area contributed by atoms with Crippen LogP contribution in [-0.4, -0.2) is 53.2 Å². The number of aliphatic carboxylic acids is 1. The fourth-order valence-corrected chi connectivity index (χ4v) is 4.64. The summed E-state index contributed by atoms with van der Waals surface area (Å²) in [7, 11) is 0. The Hall–Kier alpha value is -3.35. The van der Waals surface area contributed by atoms with Crippen LogP contribution in [0, 0.1) is 5.92 Å². The minimum absolute atomic E-state index is 0.00808. The first-order chi connectivity index (χ1) is 16.6. The average molecular weight is 481 g/mol. The highest BCUT2D eigenvalue weighted by Gasteiger charge is 2.30. The number of carboxylic acid groups (broad SMARTS) is 1. The fraction of sp³-hybridized carbons (Fsp3) is 0.464. The monoisotopic (exact) mass is 480 g/mol. The van der Waals surface area contributed by atoms with Crippen molar-refractivity contribution in [2.75, 3.05) is 19.7 Å². The van der Waals surface area contributed by atoms with E-state index in [4.69, 9.17) is 9.84 Å². The third-order valence-corrected chi connectivity index (χ3v) is 6.58. The molecule has 7 nitrogen and oxygen atoms in total. The smallest absolute Gasteiger partial charge is 0.407 e. The molecule has 0 saturated heterocycles. The second-order valence-corrected chi connectivity index (χ2v) is 10.0. The Morgan fingerprint density at radius 1 is 1.03 bits per heavy atom. The molecule has 2 N–H and O–H groups in total. The first-order valence-corrected chi connectivity index (χ1v) is 12.2. The van der Waals surface area contributed by atoms with Gasteiger partial charge in [-0.2, -0.15) is 0 Å². The molecule has 0 radical (unpaired) electrons. The van der Waals surface area contributed by atoms with E-state index in [2.05, 4.69) is 29.6 Å². The zero-order chi connectivity index (χ0) is 25.6. The van der Waals surface area contributed by atoms with Crippen LogP contribution in [0.5, 0.6) is 0 Å². The van der Waals surface area contributed by atoms with Gasteiger partial charge in [0, 0.05) is 31.0 Å². The molecule has 2 aromatic carbocycles. The van der Waals surface area contributed by atoms with E-state index in [1.807, 2.05) is 52.0 Å². The Bertz CT molecular complexity index is 1010.